The summed E-state index contributed by atoms with van der Waals surface area (Å²) in [6, 6.07) is 6.17. The minimum absolute atomic E-state index is 0.0117. The highest BCUT2D eigenvalue weighted by molar-refractivity contribution is 7.97. The van der Waals surface area contributed by atoms with Gasteiger partial charge in [-0.2, -0.15) is 0 Å². The van der Waals surface area contributed by atoms with Crippen LogP contribution in [0.4, 0.5) is 0 Å². The number of rotatable bonds is 2. The van der Waals surface area contributed by atoms with Crippen molar-refractivity contribution < 1.29 is 21.6 Å². The first-order chi connectivity index (χ1) is 12.8. The van der Waals surface area contributed by atoms with Gasteiger partial charge in [0.15, 0.2) is 10.1 Å². The number of carbonyl (C=O) groups is 1. The highest BCUT2D eigenvalue weighted by atomic mass is 32.2. The van der Waals surface area contributed by atoms with E-state index >= 15 is 0 Å². The number of fused-ring (bicyclic) bond motifs is 2. The lowest BCUT2D eigenvalue weighted by molar-refractivity contribution is 0.104. The van der Waals surface area contributed by atoms with Crippen LogP contribution >= 0.6 is 0 Å². The third kappa shape index (κ3) is 2.42. The summed E-state index contributed by atoms with van der Waals surface area (Å²) in [7, 11) is -7.80. The van der Waals surface area contributed by atoms with Gasteiger partial charge < -0.3 is 0 Å². The van der Waals surface area contributed by atoms with E-state index in [1.54, 1.807) is 19.1 Å². The second kappa shape index (κ2) is 5.80. The molecule has 4 rings (SSSR count). The quantitative estimate of drug-likeness (QED) is 0.710. The molecule has 2 aromatic heterocycles. The molecule has 2 aromatic rings. The first-order valence-electron chi connectivity index (χ1n) is 7.81. The molecule has 27 heavy (non-hydrogen) atoms. The molecule has 0 fully saturated rings. The Kier molecular flexibility index (Phi) is 3.76. The van der Waals surface area contributed by atoms with Crippen molar-refractivity contribution in [2.45, 2.75) is 17.0 Å². The van der Waals surface area contributed by atoms with Gasteiger partial charge in [0.05, 0.1) is 10.5 Å². The number of carbonyl (C=O) groups excluding carboxylic acids is 1. The first kappa shape index (κ1) is 17.5. The van der Waals surface area contributed by atoms with Crippen molar-refractivity contribution in [3.05, 3.63) is 75.8 Å². The van der Waals surface area contributed by atoms with E-state index in [1.165, 1.54) is 36.7 Å². The van der Waals surface area contributed by atoms with E-state index in [4.69, 9.17) is 0 Å². The highest BCUT2D eigenvalue weighted by Gasteiger charge is 2.40. The molecule has 136 valence electrons. The first-order valence-corrected chi connectivity index (χ1v) is 10.8. The summed E-state index contributed by atoms with van der Waals surface area (Å²) in [5.41, 5.74) is 1.03. The van der Waals surface area contributed by atoms with Crippen LogP contribution in [-0.4, -0.2) is 32.6 Å². The average Bonchev–Trinajstić information content (AvgIpc) is 2.96. The normalized spacial score (nSPS) is 21.1. The molecule has 0 saturated heterocycles. The maximum atomic E-state index is 12.6. The van der Waals surface area contributed by atoms with Crippen LogP contribution in [0.25, 0.3) is 5.57 Å². The van der Waals surface area contributed by atoms with Gasteiger partial charge in [-0.15, -0.1) is 0 Å². The molecule has 0 spiro atoms. The second-order valence-corrected chi connectivity index (χ2v) is 9.59. The molecule has 7 nitrogen and oxygen atoms in total. The van der Waals surface area contributed by atoms with Gasteiger partial charge in [-0.1, -0.05) is 12.1 Å². The summed E-state index contributed by atoms with van der Waals surface area (Å²) in [5.74, 6) is -0.660. The molecule has 0 N–H and O–H groups in total. The van der Waals surface area contributed by atoms with Gasteiger partial charge in [-0.25, -0.2) is 26.8 Å². The van der Waals surface area contributed by atoms with Gasteiger partial charge in [-0.3, -0.25) is 4.79 Å². The fourth-order valence-electron chi connectivity index (χ4n) is 3.07. The lowest BCUT2D eigenvalue weighted by Crippen LogP contribution is -2.03. The van der Waals surface area contributed by atoms with Crippen molar-refractivity contribution in [3.63, 3.8) is 0 Å². The average molecular weight is 400 g/mol. The molecule has 0 bridgehead atoms. The largest absolute Gasteiger partial charge is 0.288 e. The van der Waals surface area contributed by atoms with Crippen LogP contribution < -0.4 is 0 Å². The monoisotopic (exact) mass is 400 g/mol. The molecule has 0 atom stereocenters. The maximum absolute atomic E-state index is 12.6. The van der Waals surface area contributed by atoms with Crippen molar-refractivity contribution in [2.24, 2.45) is 0 Å². The summed E-state index contributed by atoms with van der Waals surface area (Å²) in [6.07, 6.45) is 6.32. The molecule has 2 aliphatic heterocycles. The van der Waals surface area contributed by atoms with Crippen LogP contribution in [0, 0.1) is 0 Å². The van der Waals surface area contributed by atoms with Crippen LogP contribution in [-0.2, 0) is 19.7 Å². The van der Waals surface area contributed by atoms with Crippen LogP contribution in [0.3, 0.4) is 0 Å². The molecule has 0 aromatic carbocycles. The van der Waals surface area contributed by atoms with Crippen LogP contribution in [0.2, 0.25) is 0 Å². The zero-order chi connectivity index (χ0) is 19.4. The van der Waals surface area contributed by atoms with E-state index in [0.29, 0.717) is 11.1 Å². The van der Waals surface area contributed by atoms with Crippen molar-refractivity contribution in [1.29, 1.82) is 0 Å². The number of hydrogen-bond donors (Lipinski definition) is 0. The maximum Gasteiger partial charge on any atom is 0.228 e. The van der Waals surface area contributed by atoms with Crippen molar-refractivity contribution >= 4 is 31.0 Å². The molecule has 0 unspecified atom stereocenters. The van der Waals surface area contributed by atoms with Crippen molar-refractivity contribution in [3.8, 4) is 0 Å². The Morgan fingerprint density at radius 2 is 1.48 bits per heavy atom. The van der Waals surface area contributed by atoms with Crippen LogP contribution in [0.1, 0.15) is 22.8 Å². The van der Waals surface area contributed by atoms with Crippen molar-refractivity contribution in [2.75, 3.05) is 0 Å². The molecular weight excluding hydrogens is 388 g/mol. The number of sulfone groups is 2. The number of nitrogens with zero attached hydrogens (tertiary/aromatic N) is 2. The standard InChI is InChI=1S/C18H12N2O5S2/c1-11-12-5-3-9-19-17(12)26(22,23)14(11)7-2-8-15-16(21)13-6-4-10-20-18(13)27(15,24)25/h2-10H,1H3/b7-2+,15-8-. The topological polar surface area (TPSA) is 111 Å². The minimum atomic E-state index is -4.02. The van der Waals surface area contributed by atoms with E-state index in [-0.39, 0.29) is 20.5 Å². The summed E-state index contributed by atoms with van der Waals surface area (Å²) < 4.78 is 50.1. The van der Waals surface area contributed by atoms with Crippen LogP contribution in [0.5, 0.6) is 0 Å². The predicted octanol–water partition coefficient (Wildman–Crippen LogP) is 2.11. The summed E-state index contributed by atoms with van der Waals surface area (Å²) in [6.45, 7) is 1.65. The van der Waals surface area contributed by atoms with E-state index in [0.717, 1.165) is 6.08 Å². The second-order valence-electron chi connectivity index (χ2n) is 5.93. The van der Waals surface area contributed by atoms with E-state index < -0.39 is 30.4 Å². The number of pyridine rings is 2. The third-order valence-electron chi connectivity index (χ3n) is 4.37. The number of allylic oxidation sites excluding steroid dienone is 5. The van der Waals surface area contributed by atoms with Gasteiger partial charge in [0, 0.05) is 18.0 Å². The van der Waals surface area contributed by atoms with E-state index in [1.807, 2.05) is 0 Å². The van der Waals surface area contributed by atoms with E-state index in [9.17, 15) is 21.6 Å². The predicted molar refractivity (Wildman–Crippen MR) is 97.0 cm³/mol. The third-order valence-corrected chi connectivity index (χ3v) is 7.96. The fraction of sp³-hybridized carbons (Fsp3) is 0.0556. The van der Waals surface area contributed by atoms with Crippen molar-refractivity contribution in [1.82, 2.24) is 9.97 Å². The summed E-state index contributed by atoms with van der Waals surface area (Å²) in [5, 5.41) is -0.314. The zero-order valence-corrected chi connectivity index (χ0v) is 15.6. The lowest BCUT2D eigenvalue weighted by atomic mass is 10.1. The van der Waals surface area contributed by atoms with E-state index in [2.05, 4.69) is 9.97 Å². The smallest absolute Gasteiger partial charge is 0.228 e. The Balaban J connectivity index is 1.76. The van der Waals surface area contributed by atoms with Gasteiger partial charge >= 0.3 is 0 Å². The molecule has 0 radical (unpaired) electrons. The minimum Gasteiger partial charge on any atom is -0.288 e. The molecule has 4 heterocycles. The Labute approximate surface area is 155 Å². The number of Topliss-reactive ketones (excluding diaryl/α,β-unsaturated/α-hetero) is 1. The molecule has 9 heteroatoms. The fourth-order valence-corrected chi connectivity index (χ4v) is 6.23. The molecule has 0 amide bonds. The Morgan fingerprint density at radius 1 is 0.889 bits per heavy atom. The van der Waals surface area contributed by atoms with Gasteiger partial charge in [0.2, 0.25) is 25.5 Å². The number of hydrogen-bond acceptors (Lipinski definition) is 7. The molecule has 0 aliphatic carbocycles. The SMILES string of the molecule is CC1=C(/C=C/C=C2/C(=O)c3cccnc3S2(=O)=O)S(=O)(=O)c2ncccc21. The lowest BCUT2D eigenvalue weighted by Gasteiger charge is -1.97. The summed E-state index contributed by atoms with van der Waals surface area (Å²) in [4.78, 5) is 19.6. The van der Waals surface area contributed by atoms with Gasteiger partial charge in [0.25, 0.3) is 0 Å². The van der Waals surface area contributed by atoms with Gasteiger partial charge in [0.1, 0.15) is 4.91 Å². The Morgan fingerprint density at radius 3 is 2.07 bits per heavy atom. The Bertz CT molecular complexity index is 1320. The number of aromatic nitrogens is 2. The summed E-state index contributed by atoms with van der Waals surface area (Å²) >= 11 is 0. The molecular formula is C18H12N2O5S2. The van der Waals surface area contributed by atoms with Crippen LogP contribution in [0.15, 0.2) is 74.7 Å². The Hall–Kier alpha value is -2.91. The van der Waals surface area contributed by atoms with Gasteiger partial charge in [-0.05, 0) is 42.8 Å². The highest BCUT2D eigenvalue weighted by Crippen LogP contribution is 2.38. The number of ketones is 1. The molecule has 0 saturated carbocycles. The zero-order valence-electron chi connectivity index (χ0n) is 13.9. The molecule has 2 aliphatic rings.